The molecule has 1 N–H and O–H groups in total. The van der Waals surface area contributed by atoms with Gasteiger partial charge in [-0.3, -0.25) is 9.59 Å². The Labute approximate surface area is 146 Å². The van der Waals surface area contributed by atoms with Gasteiger partial charge in [0.2, 0.25) is 0 Å². The molecule has 6 heteroatoms. The number of anilines is 1. The lowest BCUT2D eigenvalue weighted by Gasteiger charge is -2.35. The number of nitrogens with one attached hydrogen (secondary N) is 1. The van der Waals surface area contributed by atoms with Gasteiger partial charge in [-0.1, -0.05) is 6.07 Å². The van der Waals surface area contributed by atoms with E-state index in [-0.39, 0.29) is 11.7 Å². The van der Waals surface area contributed by atoms with E-state index in [1.807, 2.05) is 30.0 Å². The van der Waals surface area contributed by atoms with E-state index in [4.69, 9.17) is 0 Å². The first kappa shape index (κ1) is 15.9. The molecule has 2 aromatic rings. The predicted molar refractivity (Wildman–Crippen MR) is 95.2 cm³/mol. The van der Waals surface area contributed by atoms with E-state index in [1.165, 1.54) is 0 Å². The Morgan fingerprint density at radius 2 is 1.96 bits per heavy atom. The number of hydrogen-bond donors (Lipinski definition) is 1. The van der Waals surface area contributed by atoms with Crippen molar-refractivity contribution in [2.24, 2.45) is 0 Å². The van der Waals surface area contributed by atoms with Crippen LogP contribution >= 0.6 is 0 Å². The molecular weight excluding hydrogens is 316 g/mol. The molecule has 6 nitrogen and oxygen atoms in total. The van der Waals surface area contributed by atoms with Gasteiger partial charge in [0.15, 0.2) is 5.78 Å². The Hall–Kier alpha value is -2.63. The molecule has 0 spiro atoms. The van der Waals surface area contributed by atoms with Crippen molar-refractivity contribution >= 4 is 17.5 Å². The van der Waals surface area contributed by atoms with Crippen LogP contribution in [0.3, 0.4) is 0 Å². The number of carbonyl (C=O) groups excluding carboxylic acids is 2. The minimum absolute atomic E-state index is 0.000343. The van der Waals surface area contributed by atoms with Crippen LogP contribution in [0.25, 0.3) is 0 Å². The molecule has 2 aliphatic rings. The summed E-state index contributed by atoms with van der Waals surface area (Å²) in [6.07, 6.45) is 4.09. The van der Waals surface area contributed by atoms with Gasteiger partial charge in [0, 0.05) is 50.1 Å². The fourth-order valence-electron chi connectivity index (χ4n) is 3.83. The average molecular weight is 338 g/mol. The molecule has 1 aliphatic carbocycles. The third-order valence-electron chi connectivity index (χ3n) is 5.19. The zero-order valence-electron chi connectivity index (χ0n) is 14.4. The second-order valence-electron chi connectivity index (χ2n) is 6.72. The molecule has 0 radical (unpaired) electrons. The SMILES string of the molecule is Cc1c(C(=O)N2CCN(c3ccccn3)CC2)[nH]c2c1C(=O)CCC2. The Morgan fingerprint density at radius 1 is 1.16 bits per heavy atom. The van der Waals surface area contributed by atoms with Crippen LogP contribution in [0.5, 0.6) is 0 Å². The first-order valence-corrected chi connectivity index (χ1v) is 8.85. The van der Waals surface area contributed by atoms with E-state index in [2.05, 4.69) is 14.9 Å². The number of aromatic amines is 1. The number of hydrogen-bond acceptors (Lipinski definition) is 4. The standard InChI is InChI=1S/C19H22N4O2/c1-13-17-14(5-4-6-15(17)24)21-18(13)19(25)23-11-9-22(10-12-23)16-7-2-3-8-20-16/h2-3,7-8,21H,4-6,9-12H2,1H3. The van der Waals surface area contributed by atoms with Crippen LogP contribution < -0.4 is 4.90 Å². The van der Waals surface area contributed by atoms with Gasteiger partial charge in [-0.05, 0) is 37.5 Å². The van der Waals surface area contributed by atoms with Crippen molar-refractivity contribution in [3.63, 3.8) is 0 Å². The van der Waals surface area contributed by atoms with Gasteiger partial charge >= 0.3 is 0 Å². The number of pyridine rings is 1. The van der Waals surface area contributed by atoms with Gasteiger partial charge in [0.05, 0.1) is 0 Å². The Morgan fingerprint density at radius 3 is 2.64 bits per heavy atom. The lowest BCUT2D eigenvalue weighted by Crippen LogP contribution is -2.49. The predicted octanol–water partition coefficient (Wildman–Crippen LogP) is 2.20. The van der Waals surface area contributed by atoms with Crippen molar-refractivity contribution in [1.82, 2.24) is 14.9 Å². The van der Waals surface area contributed by atoms with Gasteiger partial charge in [-0.25, -0.2) is 4.98 Å². The topological polar surface area (TPSA) is 69.3 Å². The molecular formula is C19H22N4O2. The molecule has 0 saturated carbocycles. The third-order valence-corrected chi connectivity index (χ3v) is 5.19. The van der Waals surface area contributed by atoms with Crippen LogP contribution in [-0.4, -0.2) is 52.7 Å². The number of H-pyrrole nitrogens is 1. The van der Waals surface area contributed by atoms with Gasteiger partial charge in [-0.15, -0.1) is 0 Å². The van der Waals surface area contributed by atoms with Crippen molar-refractivity contribution in [1.29, 1.82) is 0 Å². The van der Waals surface area contributed by atoms with Crippen LogP contribution in [0.15, 0.2) is 24.4 Å². The number of nitrogens with zero attached hydrogens (tertiary/aromatic N) is 3. The highest BCUT2D eigenvalue weighted by molar-refractivity contribution is 6.04. The summed E-state index contributed by atoms with van der Waals surface area (Å²) in [6.45, 7) is 4.73. The summed E-state index contributed by atoms with van der Waals surface area (Å²) in [5.74, 6) is 1.11. The molecule has 25 heavy (non-hydrogen) atoms. The number of carbonyl (C=O) groups is 2. The summed E-state index contributed by atoms with van der Waals surface area (Å²) >= 11 is 0. The fourth-order valence-corrected chi connectivity index (χ4v) is 3.83. The first-order valence-electron chi connectivity index (χ1n) is 8.85. The summed E-state index contributed by atoms with van der Waals surface area (Å²) in [7, 11) is 0. The van der Waals surface area contributed by atoms with Gasteiger partial charge in [0.1, 0.15) is 11.5 Å². The second-order valence-corrected chi connectivity index (χ2v) is 6.72. The molecule has 1 aliphatic heterocycles. The van der Waals surface area contributed by atoms with Crippen molar-refractivity contribution < 1.29 is 9.59 Å². The molecule has 0 aromatic carbocycles. The molecule has 3 heterocycles. The maximum atomic E-state index is 12.9. The highest BCUT2D eigenvalue weighted by Gasteiger charge is 2.30. The maximum Gasteiger partial charge on any atom is 0.270 e. The zero-order chi connectivity index (χ0) is 17.4. The number of piperazine rings is 1. The van der Waals surface area contributed by atoms with Crippen molar-refractivity contribution in [3.8, 4) is 0 Å². The minimum Gasteiger partial charge on any atom is -0.354 e. The van der Waals surface area contributed by atoms with Crippen LogP contribution in [0.4, 0.5) is 5.82 Å². The summed E-state index contributed by atoms with van der Waals surface area (Å²) in [5.41, 5.74) is 3.09. The number of aromatic nitrogens is 2. The number of fused-ring (bicyclic) bond motifs is 1. The van der Waals surface area contributed by atoms with E-state index < -0.39 is 0 Å². The lowest BCUT2D eigenvalue weighted by atomic mass is 9.93. The van der Waals surface area contributed by atoms with Crippen LogP contribution in [0.2, 0.25) is 0 Å². The van der Waals surface area contributed by atoms with Crippen LogP contribution in [-0.2, 0) is 6.42 Å². The number of Topliss-reactive ketones (excluding diaryl/α,β-unsaturated/α-hetero) is 1. The van der Waals surface area contributed by atoms with E-state index >= 15 is 0 Å². The van der Waals surface area contributed by atoms with Crippen LogP contribution in [0.1, 0.15) is 44.9 Å². The highest BCUT2D eigenvalue weighted by Crippen LogP contribution is 2.27. The number of aryl methyl sites for hydroxylation is 1. The van der Waals surface area contributed by atoms with E-state index in [0.717, 1.165) is 48.6 Å². The third kappa shape index (κ3) is 2.81. The molecule has 2 aromatic heterocycles. The van der Waals surface area contributed by atoms with E-state index in [0.29, 0.717) is 25.2 Å². The number of ketones is 1. The maximum absolute atomic E-state index is 12.9. The zero-order valence-corrected chi connectivity index (χ0v) is 14.4. The summed E-state index contributed by atoms with van der Waals surface area (Å²) in [4.78, 5) is 36.8. The van der Waals surface area contributed by atoms with Crippen molar-refractivity contribution in [2.75, 3.05) is 31.1 Å². The smallest absolute Gasteiger partial charge is 0.270 e. The summed E-state index contributed by atoms with van der Waals surface area (Å²) < 4.78 is 0. The molecule has 0 atom stereocenters. The van der Waals surface area contributed by atoms with Crippen molar-refractivity contribution in [2.45, 2.75) is 26.2 Å². The summed E-state index contributed by atoms with van der Waals surface area (Å²) in [6, 6.07) is 5.87. The van der Waals surface area contributed by atoms with Crippen LogP contribution in [0, 0.1) is 6.92 Å². The highest BCUT2D eigenvalue weighted by atomic mass is 16.2. The number of rotatable bonds is 2. The van der Waals surface area contributed by atoms with Gasteiger partial charge in [0.25, 0.3) is 5.91 Å². The first-order chi connectivity index (χ1) is 12.1. The molecule has 1 amide bonds. The fraction of sp³-hybridized carbons (Fsp3) is 0.421. The average Bonchev–Trinajstić information content (AvgIpc) is 3.00. The Bertz CT molecular complexity index is 804. The van der Waals surface area contributed by atoms with Gasteiger partial charge in [-0.2, -0.15) is 0 Å². The molecule has 1 saturated heterocycles. The van der Waals surface area contributed by atoms with Crippen molar-refractivity contribution in [3.05, 3.63) is 46.9 Å². The Balaban J connectivity index is 1.49. The lowest BCUT2D eigenvalue weighted by molar-refractivity contribution is 0.0740. The second kappa shape index (κ2) is 6.35. The quantitative estimate of drug-likeness (QED) is 0.911. The van der Waals surface area contributed by atoms with Gasteiger partial charge < -0.3 is 14.8 Å². The molecule has 4 rings (SSSR count). The number of amides is 1. The van der Waals surface area contributed by atoms with E-state index in [1.54, 1.807) is 6.20 Å². The molecule has 1 fully saturated rings. The largest absolute Gasteiger partial charge is 0.354 e. The molecule has 0 bridgehead atoms. The monoisotopic (exact) mass is 338 g/mol. The molecule has 0 unspecified atom stereocenters. The molecule has 130 valence electrons. The minimum atomic E-state index is 0.000343. The normalized spacial score (nSPS) is 17.6. The Kier molecular flexibility index (Phi) is 4.03. The van der Waals surface area contributed by atoms with E-state index in [9.17, 15) is 9.59 Å². The summed E-state index contributed by atoms with van der Waals surface area (Å²) in [5, 5.41) is 0.